The van der Waals surface area contributed by atoms with E-state index < -0.39 is 0 Å². The van der Waals surface area contributed by atoms with E-state index in [1.54, 1.807) is 0 Å². The molecule has 18 heavy (non-hydrogen) atoms. The molecule has 0 aliphatic heterocycles. The van der Waals surface area contributed by atoms with Crippen molar-refractivity contribution < 1.29 is 0 Å². The van der Waals surface area contributed by atoms with Crippen molar-refractivity contribution in [3.8, 4) is 0 Å². The highest BCUT2D eigenvalue weighted by Crippen LogP contribution is 2.01. The molecule has 3 nitrogen and oxygen atoms in total. The Hall–Kier alpha value is -0.930. The normalized spacial score (nSPS) is 12.9. The van der Waals surface area contributed by atoms with Crippen LogP contribution >= 0.6 is 0 Å². The van der Waals surface area contributed by atoms with Crippen molar-refractivity contribution in [2.45, 2.75) is 26.7 Å². The number of hydrogen-bond acceptors (Lipinski definition) is 3. The number of rotatable bonds is 9. The van der Waals surface area contributed by atoms with Gasteiger partial charge in [-0.1, -0.05) is 13.8 Å². The van der Waals surface area contributed by atoms with Crippen molar-refractivity contribution in [1.29, 1.82) is 0 Å². The minimum Gasteiger partial charge on any atom is -0.316 e. The van der Waals surface area contributed by atoms with Gasteiger partial charge in [-0.15, -0.1) is 0 Å². The maximum atomic E-state index is 4.04. The third-order valence-corrected chi connectivity index (χ3v) is 3.07. The second-order valence-electron chi connectivity index (χ2n) is 5.18. The fourth-order valence-corrected chi connectivity index (χ4v) is 2.08. The van der Waals surface area contributed by atoms with Gasteiger partial charge in [0.15, 0.2) is 0 Å². The summed E-state index contributed by atoms with van der Waals surface area (Å²) in [7, 11) is 2.21. The third-order valence-electron chi connectivity index (χ3n) is 3.07. The van der Waals surface area contributed by atoms with E-state index in [2.05, 4.69) is 48.2 Å². The van der Waals surface area contributed by atoms with E-state index in [4.69, 9.17) is 0 Å². The molecule has 1 atom stereocenters. The summed E-state index contributed by atoms with van der Waals surface area (Å²) in [5.74, 6) is 0.707. The Kier molecular flexibility index (Phi) is 7.62. The monoisotopic (exact) mass is 249 g/mol. The van der Waals surface area contributed by atoms with Gasteiger partial charge >= 0.3 is 0 Å². The van der Waals surface area contributed by atoms with E-state index in [1.807, 2.05) is 12.4 Å². The van der Waals surface area contributed by atoms with Crippen LogP contribution in [0.5, 0.6) is 0 Å². The van der Waals surface area contributed by atoms with Gasteiger partial charge in [-0.3, -0.25) is 4.98 Å². The van der Waals surface area contributed by atoms with Crippen LogP contribution in [0.15, 0.2) is 24.5 Å². The first-order valence-corrected chi connectivity index (χ1v) is 7.00. The summed E-state index contributed by atoms with van der Waals surface area (Å²) in [4.78, 5) is 6.46. The molecule has 0 saturated carbocycles. The molecule has 0 spiro atoms. The molecular weight excluding hydrogens is 222 g/mol. The molecule has 0 aliphatic rings. The Morgan fingerprint density at radius 3 is 2.72 bits per heavy atom. The smallest absolute Gasteiger partial charge is 0.0270 e. The number of pyridine rings is 1. The summed E-state index contributed by atoms with van der Waals surface area (Å²) in [6, 6.07) is 4.19. The van der Waals surface area contributed by atoms with Gasteiger partial charge in [0.25, 0.3) is 0 Å². The first kappa shape index (κ1) is 15.1. The first-order chi connectivity index (χ1) is 8.72. The standard InChI is InChI=1S/C15H27N3/c1-4-8-17-12-14(2)13-18(3)11-7-15-5-9-16-10-6-15/h5-6,9-10,14,17H,4,7-8,11-13H2,1-3H3. The van der Waals surface area contributed by atoms with Gasteiger partial charge in [0.1, 0.15) is 0 Å². The molecule has 1 aromatic rings. The van der Waals surface area contributed by atoms with Crippen LogP contribution < -0.4 is 5.32 Å². The Morgan fingerprint density at radius 1 is 1.33 bits per heavy atom. The molecule has 1 rings (SSSR count). The summed E-state index contributed by atoms with van der Waals surface area (Å²) in [5, 5.41) is 3.48. The Labute approximate surface area is 112 Å². The maximum absolute atomic E-state index is 4.04. The van der Waals surface area contributed by atoms with Crippen LogP contribution in [-0.2, 0) is 6.42 Å². The second kappa shape index (κ2) is 9.06. The van der Waals surface area contributed by atoms with Crippen LogP contribution in [-0.4, -0.2) is 43.1 Å². The second-order valence-corrected chi connectivity index (χ2v) is 5.18. The molecule has 0 amide bonds. The van der Waals surface area contributed by atoms with Crippen LogP contribution in [0.4, 0.5) is 0 Å². The number of nitrogens with one attached hydrogen (secondary N) is 1. The van der Waals surface area contributed by atoms with Crippen LogP contribution in [0, 0.1) is 5.92 Å². The molecule has 0 fully saturated rings. The van der Waals surface area contributed by atoms with Crippen molar-refractivity contribution in [2.24, 2.45) is 5.92 Å². The molecule has 1 heterocycles. The van der Waals surface area contributed by atoms with E-state index in [0.717, 1.165) is 32.6 Å². The van der Waals surface area contributed by atoms with Crippen LogP contribution in [0.1, 0.15) is 25.8 Å². The fourth-order valence-electron chi connectivity index (χ4n) is 2.08. The van der Waals surface area contributed by atoms with Crippen LogP contribution in [0.3, 0.4) is 0 Å². The molecular formula is C15H27N3. The molecule has 102 valence electrons. The molecule has 0 radical (unpaired) electrons. The fraction of sp³-hybridized carbons (Fsp3) is 0.667. The van der Waals surface area contributed by atoms with Gasteiger partial charge < -0.3 is 10.2 Å². The molecule has 0 aromatic carbocycles. The molecule has 1 aromatic heterocycles. The van der Waals surface area contributed by atoms with E-state index in [0.29, 0.717) is 5.92 Å². The Bertz CT molecular complexity index is 300. The lowest BCUT2D eigenvalue weighted by atomic mass is 10.1. The zero-order valence-corrected chi connectivity index (χ0v) is 12.0. The van der Waals surface area contributed by atoms with Crippen molar-refractivity contribution in [2.75, 3.05) is 33.2 Å². The van der Waals surface area contributed by atoms with Crippen molar-refractivity contribution in [3.05, 3.63) is 30.1 Å². The van der Waals surface area contributed by atoms with Gasteiger partial charge in [0.2, 0.25) is 0 Å². The minimum absolute atomic E-state index is 0.707. The summed E-state index contributed by atoms with van der Waals surface area (Å²) >= 11 is 0. The van der Waals surface area contributed by atoms with Gasteiger partial charge in [0.05, 0.1) is 0 Å². The van der Waals surface area contributed by atoms with Crippen molar-refractivity contribution in [1.82, 2.24) is 15.2 Å². The minimum atomic E-state index is 0.707. The van der Waals surface area contributed by atoms with Crippen LogP contribution in [0.25, 0.3) is 0 Å². The van der Waals surface area contributed by atoms with Gasteiger partial charge in [-0.25, -0.2) is 0 Å². The van der Waals surface area contributed by atoms with Gasteiger partial charge in [-0.2, -0.15) is 0 Å². The lowest BCUT2D eigenvalue weighted by Gasteiger charge is -2.21. The highest BCUT2D eigenvalue weighted by atomic mass is 15.1. The van der Waals surface area contributed by atoms with E-state index in [-0.39, 0.29) is 0 Å². The topological polar surface area (TPSA) is 28.2 Å². The highest BCUT2D eigenvalue weighted by Gasteiger charge is 2.06. The third kappa shape index (κ3) is 6.72. The van der Waals surface area contributed by atoms with Crippen molar-refractivity contribution in [3.63, 3.8) is 0 Å². The number of hydrogen-bond donors (Lipinski definition) is 1. The molecule has 0 aliphatic carbocycles. The first-order valence-electron chi connectivity index (χ1n) is 7.00. The summed E-state index contributed by atoms with van der Waals surface area (Å²) in [6.07, 6.45) is 6.05. The average Bonchev–Trinajstić information content (AvgIpc) is 2.38. The molecule has 1 unspecified atom stereocenters. The highest BCUT2D eigenvalue weighted by molar-refractivity contribution is 5.09. The van der Waals surface area contributed by atoms with E-state index in [1.165, 1.54) is 12.0 Å². The van der Waals surface area contributed by atoms with E-state index >= 15 is 0 Å². The van der Waals surface area contributed by atoms with Gasteiger partial charge in [0, 0.05) is 25.5 Å². The molecule has 0 bridgehead atoms. The Morgan fingerprint density at radius 2 is 2.06 bits per heavy atom. The molecule has 0 saturated heterocycles. The lowest BCUT2D eigenvalue weighted by molar-refractivity contribution is 0.284. The van der Waals surface area contributed by atoms with Gasteiger partial charge in [-0.05, 0) is 56.6 Å². The summed E-state index contributed by atoms with van der Waals surface area (Å²) in [6.45, 7) is 9.03. The van der Waals surface area contributed by atoms with Crippen molar-refractivity contribution >= 4 is 0 Å². The largest absolute Gasteiger partial charge is 0.316 e. The van der Waals surface area contributed by atoms with E-state index in [9.17, 15) is 0 Å². The average molecular weight is 249 g/mol. The quantitative estimate of drug-likeness (QED) is 0.680. The SMILES string of the molecule is CCCNCC(C)CN(C)CCc1ccncc1. The molecule has 1 N–H and O–H groups in total. The summed E-state index contributed by atoms with van der Waals surface area (Å²) in [5.41, 5.74) is 1.37. The predicted octanol–water partition coefficient (Wildman–Crippen LogP) is 2.19. The number of nitrogens with zero attached hydrogens (tertiary/aromatic N) is 2. The number of likely N-dealkylation sites (N-methyl/N-ethyl adjacent to an activating group) is 1. The zero-order chi connectivity index (χ0) is 13.2. The number of aromatic nitrogens is 1. The lowest BCUT2D eigenvalue weighted by Crippen LogP contribution is -2.32. The Balaban J connectivity index is 2.15. The van der Waals surface area contributed by atoms with Crippen LogP contribution in [0.2, 0.25) is 0 Å². The summed E-state index contributed by atoms with van der Waals surface area (Å²) < 4.78 is 0. The zero-order valence-electron chi connectivity index (χ0n) is 12.0. The maximum Gasteiger partial charge on any atom is 0.0270 e. The molecule has 3 heteroatoms. The predicted molar refractivity (Wildman–Crippen MR) is 77.8 cm³/mol.